The zero-order valence-corrected chi connectivity index (χ0v) is 12.9. The van der Waals surface area contributed by atoms with Gasteiger partial charge < -0.3 is 20.1 Å². The van der Waals surface area contributed by atoms with Gasteiger partial charge >= 0.3 is 5.97 Å². The van der Waals surface area contributed by atoms with E-state index in [4.69, 9.17) is 9.84 Å². The molecule has 0 bridgehead atoms. The zero-order chi connectivity index (χ0) is 15.5. The molecule has 2 fully saturated rings. The Kier molecular flexibility index (Phi) is 5.22. The van der Waals surface area contributed by atoms with E-state index in [1.54, 1.807) is 4.90 Å². The minimum Gasteiger partial charge on any atom is -0.481 e. The Labute approximate surface area is 125 Å². The Morgan fingerprint density at radius 2 is 2.19 bits per heavy atom. The van der Waals surface area contributed by atoms with E-state index in [-0.39, 0.29) is 18.4 Å². The topological polar surface area (TPSA) is 78.9 Å². The second-order valence-electron chi connectivity index (χ2n) is 6.61. The molecule has 6 nitrogen and oxygen atoms in total. The first-order valence-corrected chi connectivity index (χ1v) is 7.74. The molecule has 0 aliphatic carbocycles. The highest BCUT2D eigenvalue weighted by Crippen LogP contribution is 2.34. The number of rotatable bonds is 4. The molecule has 2 unspecified atom stereocenters. The van der Waals surface area contributed by atoms with Crippen LogP contribution in [0.3, 0.4) is 0 Å². The second-order valence-corrected chi connectivity index (χ2v) is 6.61. The van der Waals surface area contributed by atoms with Gasteiger partial charge in [-0.3, -0.25) is 9.59 Å². The molecule has 2 aliphatic heterocycles. The third kappa shape index (κ3) is 3.95. The van der Waals surface area contributed by atoms with Crippen molar-refractivity contribution in [2.45, 2.75) is 39.2 Å². The smallest absolute Gasteiger partial charge is 0.306 e. The van der Waals surface area contributed by atoms with Gasteiger partial charge in [0.2, 0.25) is 5.91 Å². The van der Waals surface area contributed by atoms with E-state index in [2.05, 4.69) is 5.32 Å². The van der Waals surface area contributed by atoms with Crippen molar-refractivity contribution in [3.8, 4) is 0 Å². The van der Waals surface area contributed by atoms with Gasteiger partial charge in [-0.15, -0.1) is 0 Å². The van der Waals surface area contributed by atoms with Crippen LogP contribution >= 0.6 is 0 Å². The van der Waals surface area contributed by atoms with Crippen molar-refractivity contribution in [3.05, 3.63) is 0 Å². The summed E-state index contributed by atoms with van der Waals surface area (Å²) in [7, 11) is 0. The normalized spacial score (nSPS) is 27.4. The van der Waals surface area contributed by atoms with Gasteiger partial charge in [-0.1, -0.05) is 13.8 Å². The summed E-state index contributed by atoms with van der Waals surface area (Å²) in [6.07, 6.45) is 1.73. The molecule has 2 saturated heterocycles. The molecule has 0 aromatic carbocycles. The number of nitrogens with zero attached hydrogens (tertiary/aromatic N) is 1. The lowest BCUT2D eigenvalue weighted by Gasteiger charge is -2.42. The van der Waals surface area contributed by atoms with E-state index in [0.29, 0.717) is 25.6 Å². The van der Waals surface area contributed by atoms with Crippen LogP contribution in [-0.4, -0.2) is 60.8 Å². The van der Waals surface area contributed by atoms with Gasteiger partial charge in [0.15, 0.2) is 0 Å². The molecular weight excluding hydrogens is 272 g/mol. The Bertz CT molecular complexity index is 391. The van der Waals surface area contributed by atoms with E-state index in [0.717, 1.165) is 25.9 Å². The van der Waals surface area contributed by atoms with Crippen LogP contribution in [0.15, 0.2) is 0 Å². The summed E-state index contributed by atoms with van der Waals surface area (Å²) in [6, 6.07) is 0. The minimum atomic E-state index is -0.884. The fraction of sp³-hybridized carbons (Fsp3) is 0.867. The predicted octanol–water partition coefficient (Wildman–Crippen LogP) is 0.714. The Morgan fingerprint density at radius 1 is 1.43 bits per heavy atom. The zero-order valence-electron chi connectivity index (χ0n) is 12.9. The van der Waals surface area contributed by atoms with Crippen molar-refractivity contribution in [2.75, 3.05) is 32.8 Å². The summed E-state index contributed by atoms with van der Waals surface area (Å²) >= 11 is 0. The molecule has 0 saturated carbocycles. The number of carboxylic acids is 1. The van der Waals surface area contributed by atoms with E-state index in [1.165, 1.54) is 0 Å². The first kappa shape index (κ1) is 16.2. The Hall–Kier alpha value is -1.14. The first-order chi connectivity index (χ1) is 9.91. The van der Waals surface area contributed by atoms with Crippen molar-refractivity contribution in [1.29, 1.82) is 0 Å². The summed E-state index contributed by atoms with van der Waals surface area (Å²) in [4.78, 5) is 25.4. The van der Waals surface area contributed by atoms with E-state index >= 15 is 0 Å². The van der Waals surface area contributed by atoms with Gasteiger partial charge in [0, 0.05) is 18.5 Å². The number of hydrogen-bond acceptors (Lipinski definition) is 4. The van der Waals surface area contributed by atoms with Crippen molar-refractivity contribution in [1.82, 2.24) is 10.2 Å². The highest BCUT2D eigenvalue weighted by atomic mass is 16.5. The average molecular weight is 298 g/mol. The molecule has 2 heterocycles. The lowest BCUT2D eigenvalue weighted by Crippen LogP contribution is -2.54. The monoisotopic (exact) mass is 298 g/mol. The molecule has 0 spiro atoms. The standard InChI is InChI=1S/C15H26N2O4/c1-15(2,11-4-3-5-16-9-11)14(20)17-6-7-21-12(10-17)8-13(18)19/h11-12,16H,3-10H2,1-2H3,(H,18,19). The van der Waals surface area contributed by atoms with Crippen molar-refractivity contribution in [2.24, 2.45) is 11.3 Å². The van der Waals surface area contributed by atoms with Crippen molar-refractivity contribution < 1.29 is 19.4 Å². The number of carboxylic acid groups (broad SMARTS) is 1. The SMILES string of the molecule is CC(C)(C(=O)N1CCOC(CC(=O)O)C1)C1CCCNC1. The van der Waals surface area contributed by atoms with E-state index in [1.807, 2.05) is 13.8 Å². The fourth-order valence-electron chi connectivity index (χ4n) is 3.27. The number of ether oxygens (including phenoxy) is 1. The maximum atomic E-state index is 12.8. The minimum absolute atomic E-state index is 0.0464. The lowest BCUT2D eigenvalue weighted by atomic mass is 9.74. The van der Waals surface area contributed by atoms with Gasteiger partial charge in [-0.25, -0.2) is 0 Å². The summed E-state index contributed by atoms with van der Waals surface area (Å²) < 4.78 is 5.44. The molecule has 1 amide bonds. The third-order valence-corrected chi connectivity index (χ3v) is 4.70. The van der Waals surface area contributed by atoms with Crippen LogP contribution in [0.25, 0.3) is 0 Å². The summed E-state index contributed by atoms with van der Waals surface area (Å²) in [5.41, 5.74) is -0.418. The summed E-state index contributed by atoms with van der Waals surface area (Å²) in [6.45, 7) is 7.28. The third-order valence-electron chi connectivity index (χ3n) is 4.70. The molecule has 2 rings (SSSR count). The molecular formula is C15H26N2O4. The number of aliphatic carboxylic acids is 1. The van der Waals surface area contributed by atoms with Crippen LogP contribution in [0.2, 0.25) is 0 Å². The molecule has 120 valence electrons. The molecule has 0 aromatic rings. The molecule has 2 aliphatic rings. The van der Waals surface area contributed by atoms with E-state index < -0.39 is 11.4 Å². The van der Waals surface area contributed by atoms with Crippen LogP contribution in [-0.2, 0) is 14.3 Å². The van der Waals surface area contributed by atoms with Gasteiger partial charge in [-0.2, -0.15) is 0 Å². The van der Waals surface area contributed by atoms with Gasteiger partial charge in [0.05, 0.1) is 19.1 Å². The number of piperidine rings is 1. The van der Waals surface area contributed by atoms with Crippen LogP contribution in [0.5, 0.6) is 0 Å². The van der Waals surface area contributed by atoms with Crippen molar-refractivity contribution in [3.63, 3.8) is 0 Å². The molecule has 6 heteroatoms. The quantitative estimate of drug-likeness (QED) is 0.799. The maximum Gasteiger partial charge on any atom is 0.306 e. The summed E-state index contributed by atoms with van der Waals surface area (Å²) in [5, 5.41) is 12.2. The molecule has 0 radical (unpaired) electrons. The molecule has 2 N–H and O–H groups in total. The average Bonchev–Trinajstić information content (AvgIpc) is 2.47. The number of amides is 1. The van der Waals surface area contributed by atoms with Crippen LogP contribution in [0.4, 0.5) is 0 Å². The van der Waals surface area contributed by atoms with Gasteiger partial charge in [-0.05, 0) is 31.8 Å². The predicted molar refractivity (Wildman–Crippen MR) is 77.9 cm³/mol. The molecule has 2 atom stereocenters. The number of hydrogen-bond donors (Lipinski definition) is 2. The van der Waals surface area contributed by atoms with Crippen LogP contribution in [0, 0.1) is 11.3 Å². The molecule has 21 heavy (non-hydrogen) atoms. The van der Waals surface area contributed by atoms with Crippen LogP contribution < -0.4 is 5.32 Å². The summed E-state index contributed by atoms with van der Waals surface area (Å²) in [5.74, 6) is -0.431. The largest absolute Gasteiger partial charge is 0.481 e. The van der Waals surface area contributed by atoms with Gasteiger partial charge in [0.25, 0.3) is 0 Å². The Balaban J connectivity index is 1.98. The Morgan fingerprint density at radius 3 is 2.81 bits per heavy atom. The maximum absolute atomic E-state index is 12.8. The highest BCUT2D eigenvalue weighted by molar-refractivity contribution is 5.82. The van der Waals surface area contributed by atoms with Gasteiger partial charge in [0.1, 0.15) is 0 Å². The first-order valence-electron chi connectivity index (χ1n) is 7.74. The molecule has 0 aromatic heterocycles. The van der Waals surface area contributed by atoms with Crippen LogP contribution in [0.1, 0.15) is 33.1 Å². The number of morpholine rings is 1. The number of carbonyl (C=O) groups excluding carboxylic acids is 1. The highest BCUT2D eigenvalue weighted by Gasteiger charge is 2.41. The number of nitrogens with one attached hydrogen (secondary N) is 1. The fourth-order valence-corrected chi connectivity index (χ4v) is 3.27. The van der Waals surface area contributed by atoms with Crippen molar-refractivity contribution >= 4 is 11.9 Å². The van der Waals surface area contributed by atoms with E-state index in [9.17, 15) is 9.59 Å². The second kappa shape index (κ2) is 6.75. The lowest BCUT2D eigenvalue weighted by molar-refractivity contribution is -0.155. The number of carbonyl (C=O) groups is 2.